The lowest BCUT2D eigenvalue weighted by Gasteiger charge is -2.03. The maximum Gasteiger partial charge on any atom is 0.328 e. The first kappa shape index (κ1) is 16.5. The number of amides is 1. The lowest BCUT2D eigenvalue weighted by atomic mass is 10.2. The van der Waals surface area contributed by atoms with Crippen LogP contribution in [0, 0.1) is 0 Å². The van der Waals surface area contributed by atoms with E-state index in [1.807, 2.05) is 0 Å². The van der Waals surface area contributed by atoms with E-state index in [2.05, 4.69) is 0 Å². The fraction of sp³-hybridized carbons (Fsp3) is 0.231. The number of carboxylic acid groups (broad SMARTS) is 1. The molecule has 1 aromatic rings. The van der Waals surface area contributed by atoms with Crippen LogP contribution in [0.5, 0.6) is 11.5 Å². The molecule has 1 aromatic carbocycles. The molecule has 0 heterocycles. The number of nitrogens with zero attached hydrogens (tertiary/aromatic N) is 1. The van der Waals surface area contributed by atoms with Crippen LogP contribution in [-0.2, 0) is 9.59 Å². The molecule has 0 aliphatic rings. The predicted molar refractivity (Wildman–Crippen MR) is 71.1 cm³/mol. The van der Waals surface area contributed by atoms with E-state index in [0.29, 0.717) is 11.3 Å². The van der Waals surface area contributed by atoms with Crippen LogP contribution in [0.15, 0.2) is 24.3 Å². The Hall–Kier alpha value is -2.50. The summed E-state index contributed by atoms with van der Waals surface area (Å²) in [6.07, 6.45) is 3.19. The van der Waals surface area contributed by atoms with E-state index in [0.717, 1.165) is 12.5 Å². The molecule has 0 spiro atoms. The van der Waals surface area contributed by atoms with E-state index in [-0.39, 0.29) is 5.75 Å². The first-order valence-corrected chi connectivity index (χ1v) is 5.30. The van der Waals surface area contributed by atoms with Crippen molar-refractivity contribution in [3.63, 3.8) is 0 Å². The number of ether oxygens (including phenoxy) is 1. The molecular formula is C13H17NO5. The van der Waals surface area contributed by atoms with Gasteiger partial charge in [-0.3, -0.25) is 4.79 Å². The fourth-order valence-electron chi connectivity index (χ4n) is 0.965. The summed E-state index contributed by atoms with van der Waals surface area (Å²) in [5.74, 6) is -0.672. The van der Waals surface area contributed by atoms with E-state index in [4.69, 9.17) is 9.84 Å². The van der Waals surface area contributed by atoms with Gasteiger partial charge in [0.05, 0.1) is 7.11 Å². The number of carbonyl (C=O) groups excluding carboxylic acids is 1. The van der Waals surface area contributed by atoms with Crippen LogP contribution in [-0.4, -0.2) is 48.7 Å². The Bertz CT molecular complexity index is 454. The maximum absolute atomic E-state index is 10.2. The van der Waals surface area contributed by atoms with Crippen molar-refractivity contribution in [2.45, 2.75) is 0 Å². The molecule has 1 rings (SSSR count). The summed E-state index contributed by atoms with van der Waals surface area (Å²) in [4.78, 5) is 21.1. The quantitative estimate of drug-likeness (QED) is 0.632. The standard InChI is InChI=1S/C10H10O4.C3H7NO/c1-14-9-6-7(2-4-8(9)11)3-5-10(12)13;1-4(2)3-5/h2-6,11H,1H3,(H,12,13);3H,1-2H3. The molecule has 0 aliphatic carbocycles. The minimum atomic E-state index is -1.02. The second-order valence-electron chi connectivity index (χ2n) is 3.67. The summed E-state index contributed by atoms with van der Waals surface area (Å²) in [7, 11) is 4.81. The smallest absolute Gasteiger partial charge is 0.328 e. The number of hydrogen-bond acceptors (Lipinski definition) is 4. The fourth-order valence-corrected chi connectivity index (χ4v) is 0.965. The molecule has 0 atom stereocenters. The molecule has 0 aliphatic heterocycles. The average molecular weight is 267 g/mol. The van der Waals surface area contributed by atoms with Crippen molar-refractivity contribution < 1.29 is 24.5 Å². The zero-order chi connectivity index (χ0) is 14.8. The van der Waals surface area contributed by atoms with Crippen molar-refractivity contribution in [3.05, 3.63) is 29.8 Å². The summed E-state index contributed by atoms with van der Waals surface area (Å²) >= 11 is 0. The van der Waals surface area contributed by atoms with Gasteiger partial charge in [-0.2, -0.15) is 0 Å². The van der Waals surface area contributed by atoms with Crippen LogP contribution < -0.4 is 4.74 Å². The minimum absolute atomic E-state index is 0.0278. The second kappa shape index (κ2) is 8.57. The lowest BCUT2D eigenvalue weighted by molar-refractivity contribution is -0.131. The molecule has 6 nitrogen and oxygen atoms in total. The van der Waals surface area contributed by atoms with Crippen molar-refractivity contribution in [3.8, 4) is 11.5 Å². The Morgan fingerprint density at radius 1 is 1.37 bits per heavy atom. The van der Waals surface area contributed by atoms with Crippen molar-refractivity contribution in [2.24, 2.45) is 0 Å². The number of carboxylic acids is 1. The SMILES string of the molecule is CN(C)C=O.COc1cc(C=CC(=O)O)ccc1O. The van der Waals surface area contributed by atoms with Gasteiger partial charge in [0.1, 0.15) is 0 Å². The minimum Gasteiger partial charge on any atom is -0.504 e. The Labute approximate surface area is 111 Å². The molecule has 6 heteroatoms. The van der Waals surface area contributed by atoms with E-state index in [1.165, 1.54) is 24.2 Å². The summed E-state index contributed by atoms with van der Waals surface area (Å²) in [5, 5.41) is 17.6. The number of carbonyl (C=O) groups is 2. The third-order valence-electron chi connectivity index (χ3n) is 1.83. The van der Waals surface area contributed by atoms with Gasteiger partial charge in [-0.25, -0.2) is 4.79 Å². The molecule has 0 aromatic heterocycles. The Balaban J connectivity index is 0.000000555. The largest absolute Gasteiger partial charge is 0.504 e. The molecule has 0 radical (unpaired) electrons. The highest BCUT2D eigenvalue weighted by Gasteiger charge is 2.00. The first-order chi connectivity index (χ1) is 8.90. The maximum atomic E-state index is 10.2. The first-order valence-electron chi connectivity index (χ1n) is 5.30. The third kappa shape index (κ3) is 7.43. The van der Waals surface area contributed by atoms with Gasteiger partial charge in [0.2, 0.25) is 6.41 Å². The van der Waals surface area contributed by atoms with E-state index >= 15 is 0 Å². The molecule has 0 unspecified atom stereocenters. The topological polar surface area (TPSA) is 87.1 Å². The highest BCUT2D eigenvalue weighted by molar-refractivity contribution is 5.85. The number of hydrogen-bond donors (Lipinski definition) is 2. The average Bonchev–Trinajstić information content (AvgIpc) is 2.38. The lowest BCUT2D eigenvalue weighted by Crippen LogP contribution is -2.06. The van der Waals surface area contributed by atoms with Crippen molar-refractivity contribution in [1.29, 1.82) is 0 Å². The number of phenols is 1. The van der Waals surface area contributed by atoms with Crippen LogP contribution in [0.3, 0.4) is 0 Å². The normalized spacial score (nSPS) is 9.42. The zero-order valence-electron chi connectivity index (χ0n) is 11.0. The third-order valence-corrected chi connectivity index (χ3v) is 1.83. The zero-order valence-corrected chi connectivity index (χ0v) is 11.0. The van der Waals surface area contributed by atoms with Crippen LogP contribution in [0.2, 0.25) is 0 Å². The van der Waals surface area contributed by atoms with Crippen LogP contribution in [0.1, 0.15) is 5.56 Å². The Morgan fingerprint density at radius 3 is 2.37 bits per heavy atom. The van der Waals surface area contributed by atoms with Gasteiger partial charge >= 0.3 is 5.97 Å². The summed E-state index contributed by atoms with van der Waals surface area (Å²) in [5.41, 5.74) is 0.655. The number of aliphatic carboxylic acids is 1. The number of aromatic hydroxyl groups is 1. The van der Waals surface area contributed by atoms with Crippen LogP contribution in [0.25, 0.3) is 6.08 Å². The van der Waals surface area contributed by atoms with Gasteiger partial charge in [0.25, 0.3) is 0 Å². The Morgan fingerprint density at radius 2 is 1.95 bits per heavy atom. The van der Waals surface area contributed by atoms with Gasteiger partial charge in [-0.05, 0) is 23.8 Å². The van der Waals surface area contributed by atoms with E-state index < -0.39 is 5.97 Å². The van der Waals surface area contributed by atoms with Gasteiger partial charge in [0, 0.05) is 20.2 Å². The van der Waals surface area contributed by atoms with E-state index in [1.54, 1.807) is 26.2 Å². The molecule has 0 saturated carbocycles. The monoisotopic (exact) mass is 267 g/mol. The van der Waals surface area contributed by atoms with Crippen molar-refractivity contribution >= 4 is 18.5 Å². The summed E-state index contributed by atoms with van der Waals surface area (Å²) in [6.45, 7) is 0. The molecular weight excluding hydrogens is 250 g/mol. The number of phenolic OH excluding ortho intramolecular Hbond substituents is 1. The molecule has 0 fully saturated rings. The van der Waals surface area contributed by atoms with Gasteiger partial charge in [-0.1, -0.05) is 6.07 Å². The number of methoxy groups -OCH3 is 1. The summed E-state index contributed by atoms with van der Waals surface area (Å²) in [6, 6.07) is 4.59. The predicted octanol–water partition coefficient (Wildman–Crippen LogP) is 1.20. The van der Waals surface area contributed by atoms with Crippen LogP contribution >= 0.6 is 0 Å². The van der Waals surface area contributed by atoms with Gasteiger partial charge in [-0.15, -0.1) is 0 Å². The number of rotatable bonds is 4. The molecule has 104 valence electrons. The van der Waals surface area contributed by atoms with Crippen molar-refractivity contribution in [2.75, 3.05) is 21.2 Å². The molecule has 1 amide bonds. The van der Waals surface area contributed by atoms with Crippen molar-refractivity contribution in [1.82, 2.24) is 4.90 Å². The second-order valence-corrected chi connectivity index (χ2v) is 3.67. The highest BCUT2D eigenvalue weighted by atomic mass is 16.5. The molecule has 19 heavy (non-hydrogen) atoms. The van der Waals surface area contributed by atoms with Crippen LogP contribution in [0.4, 0.5) is 0 Å². The van der Waals surface area contributed by atoms with E-state index in [9.17, 15) is 14.7 Å². The van der Waals surface area contributed by atoms with Gasteiger partial charge in [0.15, 0.2) is 11.5 Å². The molecule has 0 bridgehead atoms. The Kier molecular flexibility index (Phi) is 7.44. The highest BCUT2D eigenvalue weighted by Crippen LogP contribution is 2.26. The molecule has 0 saturated heterocycles. The van der Waals surface area contributed by atoms with Gasteiger partial charge < -0.3 is 19.8 Å². The summed E-state index contributed by atoms with van der Waals surface area (Å²) < 4.78 is 4.86. The molecule has 2 N–H and O–H groups in total. The number of benzene rings is 1.